The second-order valence-electron chi connectivity index (χ2n) is 14.1. The molecule has 0 atom stereocenters. The van der Waals surface area contributed by atoms with Crippen LogP contribution in [-0.4, -0.2) is 108 Å². The highest BCUT2D eigenvalue weighted by atomic mass is 32.2. The van der Waals surface area contributed by atoms with Gasteiger partial charge in [0.15, 0.2) is 0 Å². The minimum atomic E-state index is -4.74. The number of anilines is 10. The van der Waals surface area contributed by atoms with Gasteiger partial charge < -0.3 is 40.5 Å². The van der Waals surface area contributed by atoms with Crippen LogP contribution in [0.4, 0.5) is 58.4 Å². The molecule has 4 aromatic carbocycles. The zero-order valence-electron chi connectivity index (χ0n) is 33.0. The topological polar surface area (TPSA) is 259 Å². The van der Waals surface area contributed by atoms with Gasteiger partial charge in [0.2, 0.25) is 35.7 Å². The highest BCUT2D eigenvalue weighted by molar-refractivity contribution is 7.86. The van der Waals surface area contributed by atoms with Crippen molar-refractivity contribution in [3.8, 4) is 0 Å². The fourth-order valence-electron chi connectivity index (χ4n) is 6.80. The molecule has 0 saturated carbocycles. The van der Waals surface area contributed by atoms with Crippen molar-refractivity contribution in [1.82, 2.24) is 29.9 Å². The Balaban J connectivity index is 1.08. The minimum absolute atomic E-state index is 0.0915. The maximum absolute atomic E-state index is 12.6. The molecule has 8 rings (SSSR count). The van der Waals surface area contributed by atoms with Crippen molar-refractivity contribution in [2.75, 3.05) is 83.7 Å². The summed E-state index contributed by atoms with van der Waals surface area (Å²) >= 11 is 0. The number of rotatable bonds is 15. The second kappa shape index (κ2) is 18.6. The molecule has 2 aromatic heterocycles. The van der Waals surface area contributed by atoms with E-state index in [2.05, 4.69) is 51.2 Å². The lowest BCUT2D eigenvalue weighted by Crippen LogP contribution is -2.37. The van der Waals surface area contributed by atoms with E-state index >= 15 is 0 Å². The number of para-hydroxylation sites is 2. The molecule has 2 saturated heterocycles. The van der Waals surface area contributed by atoms with E-state index in [1.807, 2.05) is 70.5 Å². The standard InChI is InChI=1S/C40H42N12O8S2/c53-61(54,55)33-15-13-31(43-37-45-35(41-29-7-3-1-4-8-29)47-39(49-37)51-17-21-59-22-18-51)25-27(33)11-12-28-26-32(14-16-34(28)62(56,57)58)44-38-46-36(42-30-9-5-2-6-10-30)48-40(50-38)52-19-23-60-24-20-52/h1-10,13-16,25-26H,11-12,17-24H2,(H,53,54,55)(H,56,57,58)(H2,41,43,45,47,49)(H2,42,44,46,48,50). The first-order chi connectivity index (χ1) is 29.9. The van der Waals surface area contributed by atoms with E-state index in [0.717, 1.165) is 11.4 Å². The molecule has 0 spiro atoms. The number of morpholine rings is 2. The van der Waals surface area contributed by atoms with Gasteiger partial charge in [-0.2, -0.15) is 46.7 Å². The van der Waals surface area contributed by atoms with Crippen LogP contribution in [-0.2, 0) is 42.6 Å². The van der Waals surface area contributed by atoms with Crippen LogP contribution in [0.3, 0.4) is 0 Å². The first-order valence-corrected chi connectivity index (χ1v) is 22.4. The number of nitrogens with one attached hydrogen (secondary N) is 4. The average Bonchev–Trinajstić information content (AvgIpc) is 3.26. The van der Waals surface area contributed by atoms with Gasteiger partial charge in [0, 0.05) is 48.9 Å². The summed E-state index contributed by atoms with van der Waals surface area (Å²) < 4.78 is 82.1. The van der Waals surface area contributed by atoms with Crippen LogP contribution in [0.15, 0.2) is 107 Å². The summed E-state index contributed by atoms with van der Waals surface area (Å²) in [7, 11) is -9.47. The smallest absolute Gasteiger partial charge is 0.294 e. The van der Waals surface area contributed by atoms with E-state index in [4.69, 9.17) is 9.47 Å². The predicted molar refractivity (Wildman–Crippen MR) is 232 cm³/mol. The van der Waals surface area contributed by atoms with Crippen molar-refractivity contribution in [2.24, 2.45) is 0 Å². The van der Waals surface area contributed by atoms with E-state index in [1.54, 1.807) is 0 Å². The van der Waals surface area contributed by atoms with Crippen LogP contribution >= 0.6 is 0 Å². The molecule has 2 fully saturated rings. The lowest BCUT2D eigenvalue weighted by molar-refractivity contribution is 0.122. The van der Waals surface area contributed by atoms with Crippen molar-refractivity contribution in [3.05, 3.63) is 108 Å². The van der Waals surface area contributed by atoms with Gasteiger partial charge in [-0.3, -0.25) is 9.11 Å². The monoisotopic (exact) mass is 882 g/mol. The van der Waals surface area contributed by atoms with Gasteiger partial charge in [0.05, 0.1) is 36.2 Å². The van der Waals surface area contributed by atoms with Crippen LogP contribution < -0.4 is 31.1 Å². The summed E-state index contributed by atoms with van der Waals surface area (Å²) in [5.74, 6) is 1.60. The van der Waals surface area contributed by atoms with Gasteiger partial charge in [0.25, 0.3) is 20.2 Å². The minimum Gasteiger partial charge on any atom is -0.378 e. The third-order valence-corrected chi connectivity index (χ3v) is 11.7. The molecule has 2 aliphatic heterocycles. The van der Waals surface area contributed by atoms with E-state index in [9.17, 15) is 25.9 Å². The third kappa shape index (κ3) is 10.8. The van der Waals surface area contributed by atoms with E-state index in [-0.39, 0.29) is 57.6 Å². The van der Waals surface area contributed by atoms with Crippen molar-refractivity contribution in [2.45, 2.75) is 22.6 Å². The summed E-state index contributed by atoms with van der Waals surface area (Å²) in [6, 6.07) is 27.1. The van der Waals surface area contributed by atoms with Crippen LogP contribution in [0.2, 0.25) is 0 Å². The molecular formula is C40H42N12O8S2. The zero-order valence-corrected chi connectivity index (χ0v) is 34.7. The van der Waals surface area contributed by atoms with E-state index in [1.165, 1.54) is 36.4 Å². The average molecular weight is 883 g/mol. The van der Waals surface area contributed by atoms with E-state index < -0.39 is 20.2 Å². The SMILES string of the molecule is O=S(=O)(O)c1ccc(Nc2nc(Nc3ccccc3)nc(N3CCOCC3)n2)cc1CCc1cc(Nc2nc(Nc3ccccc3)nc(N3CCOCC3)n2)ccc1S(=O)(=O)O. The fourth-order valence-corrected chi connectivity index (χ4v) is 8.26. The molecule has 6 aromatic rings. The first-order valence-electron chi connectivity index (χ1n) is 19.5. The fraction of sp³-hybridized carbons (Fsp3) is 0.250. The van der Waals surface area contributed by atoms with Gasteiger partial charge in [-0.15, -0.1) is 0 Å². The summed E-state index contributed by atoms with van der Waals surface area (Å²) in [6.45, 7) is 4.21. The van der Waals surface area contributed by atoms with Crippen molar-refractivity contribution in [1.29, 1.82) is 0 Å². The lowest BCUT2D eigenvalue weighted by Gasteiger charge is -2.27. The maximum Gasteiger partial charge on any atom is 0.294 e. The Morgan fingerprint density at radius 2 is 0.806 bits per heavy atom. The highest BCUT2D eigenvalue weighted by Crippen LogP contribution is 2.29. The van der Waals surface area contributed by atoms with Crippen molar-refractivity contribution < 1.29 is 35.4 Å². The second-order valence-corrected chi connectivity index (χ2v) is 16.9. The molecule has 62 heavy (non-hydrogen) atoms. The van der Waals surface area contributed by atoms with Gasteiger partial charge >= 0.3 is 0 Å². The number of aryl methyl sites for hydroxylation is 2. The van der Waals surface area contributed by atoms with Gasteiger partial charge in [-0.25, -0.2) is 0 Å². The highest BCUT2D eigenvalue weighted by Gasteiger charge is 2.23. The maximum atomic E-state index is 12.6. The number of nitrogens with zero attached hydrogens (tertiary/aromatic N) is 8. The number of ether oxygens (including phenoxy) is 2. The molecule has 0 aliphatic carbocycles. The van der Waals surface area contributed by atoms with Crippen LogP contribution in [0.1, 0.15) is 11.1 Å². The molecule has 22 heteroatoms. The van der Waals surface area contributed by atoms with Crippen LogP contribution in [0.25, 0.3) is 0 Å². The Labute approximate surface area is 357 Å². The van der Waals surface area contributed by atoms with Crippen molar-refractivity contribution in [3.63, 3.8) is 0 Å². The summed E-state index contributed by atoms with van der Waals surface area (Å²) in [6.07, 6.45) is -0.183. The zero-order chi connectivity index (χ0) is 43.1. The number of aromatic nitrogens is 6. The Morgan fingerprint density at radius 3 is 1.15 bits per heavy atom. The molecular weight excluding hydrogens is 841 g/mol. The van der Waals surface area contributed by atoms with Crippen molar-refractivity contribution >= 4 is 78.7 Å². The number of hydrogen-bond acceptors (Lipinski definition) is 18. The molecule has 2 aliphatic rings. The first kappa shape index (κ1) is 42.1. The molecule has 20 nitrogen and oxygen atoms in total. The Kier molecular flexibility index (Phi) is 12.6. The molecule has 0 amide bonds. The van der Waals surface area contributed by atoms with Crippen LogP contribution in [0, 0.1) is 0 Å². The summed E-state index contributed by atoms with van der Waals surface area (Å²) in [5, 5.41) is 12.6. The largest absolute Gasteiger partial charge is 0.378 e. The van der Waals surface area contributed by atoms with E-state index in [0.29, 0.717) is 75.9 Å². The van der Waals surface area contributed by atoms with Crippen LogP contribution in [0.5, 0.6) is 0 Å². The predicted octanol–water partition coefficient (Wildman–Crippen LogP) is 4.98. The summed E-state index contributed by atoms with van der Waals surface area (Å²) in [4.78, 5) is 30.8. The Morgan fingerprint density at radius 1 is 0.468 bits per heavy atom. The molecule has 0 bridgehead atoms. The molecule has 0 radical (unpaired) electrons. The molecule has 322 valence electrons. The van der Waals surface area contributed by atoms with Gasteiger partial charge in [0.1, 0.15) is 0 Å². The Bertz CT molecular complexity index is 2560. The third-order valence-electron chi connectivity index (χ3n) is 9.75. The molecule has 4 heterocycles. The Hall–Kier alpha value is -6.56. The van der Waals surface area contributed by atoms with Gasteiger partial charge in [-0.1, -0.05) is 36.4 Å². The normalized spacial score (nSPS) is 14.6. The quantitative estimate of drug-likeness (QED) is 0.0743. The number of benzene rings is 4. The summed E-state index contributed by atoms with van der Waals surface area (Å²) in [5.41, 5.74) is 2.52. The number of hydrogen-bond donors (Lipinski definition) is 6. The lowest BCUT2D eigenvalue weighted by atomic mass is 10.0. The molecule has 6 N–H and O–H groups in total. The van der Waals surface area contributed by atoms with Gasteiger partial charge in [-0.05, 0) is 84.6 Å². The molecule has 0 unspecified atom stereocenters.